The molecule has 0 atom stereocenters. The van der Waals surface area contributed by atoms with Crippen molar-refractivity contribution in [3.63, 3.8) is 0 Å². The molecule has 4 aliphatic rings. The third-order valence-corrected chi connectivity index (χ3v) is 10.4. The molecule has 0 radical (unpaired) electrons. The van der Waals surface area contributed by atoms with Crippen molar-refractivity contribution in [2.75, 3.05) is 57.3 Å². The molecule has 2 saturated heterocycles. The summed E-state index contributed by atoms with van der Waals surface area (Å²) in [5.74, 6) is 1.16. The number of carbonyl (C=O) groups excluding carboxylic acids is 1. The largest absolute Gasteiger partial charge is 0.490 e. The lowest BCUT2D eigenvalue weighted by atomic mass is 9.61. The van der Waals surface area contributed by atoms with E-state index in [1.165, 1.54) is 74.7 Å². The molecule has 1 aromatic carbocycles. The van der Waals surface area contributed by atoms with Gasteiger partial charge in [0.2, 0.25) is 0 Å². The molecule has 1 amide bonds. The Morgan fingerprint density at radius 2 is 1.85 bits per heavy atom. The fraction of sp³-hybridized carbons (Fsp3) is 0.583. The van der Waals surface area contributed by atoms with Gasteiger partial charge in [0.25, 0.3) is 11.8 Å². The predicted molar refractivity (Wildman–Crippen MR) is 180 cm³/mol. The number of fused-ring (bicyclic) bond motifs is 1. The number of carbonyl (C=O) groups is 1. The van der Waals surface area contributed by atoms with Crippen LogP contribution < -0.4 is 14.4 Å². The second-order valence-electron chi connectivity index (χ2n) is 14.2. The zero-order valence-electron chi connectivity index (χ0n) is 28.4. The zero-order valence-corrected chi connectivity index (χ0v) is 28.4. The molecule has 1 spiro atoms. The van der Waals surface area contributed by atoms with Crippen molar-refractivity contribution in [2.45, 2.75) is 78.0 Å². The van der Waals surface area contributed by atoms with Gasteiger partial charge in [0, 0.05) is 68.1 Å². The molecule has 0 unspecified atom stereocenters. The summed E-state index contributed by atoms with van der Waals surface area (Å²) in [5.41, 5.74) is 2.72. The van der Waals surface area contributed by atoms with Gasteiger partial charge in [0.1, 0.15) is 29.7 Å². The van der Waals surface area contributed by atoms with Crippen LogP contribution in [0.1, 0.15) is 74.5 Å². The summed E-state index contributed by atoms with van der Waals surface area (Å²) in [6.07, 6.45) is 10.3. The van der Waals surface area contributed by atoms with E-state index in [0.717, 1.165) is 57.7 Å². The van der Waals surface area contributed by atoms with E-state index >= 15 is 0 Å². The fourth-order valence-corrected chi connectivity index (χ4v) is 7.93. The van der Waals surface area contributed by atoms with Crippen LogP contribution in [0.4, 0.5) is 10.2 Å². The Balaban J connectivity index is 0.955. The summed E-state index contributed by atoms with van der Waals surface area (Å²) < 4.78 is 27.1. The molecule has 0 bridgehead atoms. The number of hydrogen-bond donors (Lipinski definition) is 0. The Kier molecular flexibility index (Phi) is 9.46. The number of likely N-dealkylation sites (tertiary alicyclic amines) is 1. The van der Waals surface area contributed by atoms with Crippen molar-refractivity contribution in [1.82, 2.24) is 34.9 Å². The average Bonchev–Trinajstić information content (AvgIpc) is 3.57. The van der Waals surface area contributed by atoms with E-state index in [1.54, 1.807) is 4.90 Å². The second kappa shape index (κ2) is 13.9. The molecule has 256 valence electrons. The van der Waals surface area contributed by atoms with Gasteiger partial charge < -0.3 is 24.2 Å². The number of anilines is 1. The summed E-state index contributed by atoms with van der Waals surface area (Å²) in [4.78, 5) is 31.5. The molecule has 3 aliphatic heterocycles. The summed E-state index contributed by atoms with van der Waals surface area (Å²) in [5, 5.41) is 8.16. The number of halogens is 1. The highest BCUT2D eigenvalue weighted by molar-refractivity contribution is 5.97. The molecule has 3 fully saturated rings. The maximum absolute atomic E-state index is 14.3. The lowest BCUT2D eigenvalue weighted by Crippen LogP contribution is -2.65. The molecule has 11 nitrogen and oxygen atoms in total. The number of hydrogen-bond acceptors (Lipinski definition) is 10. The van der Waals surface area contributed by atoms with Gasteiger partial charge >= 0.3 is 0 Å². The highest BCUT2D eigenvalue weighted by Crippen LogP contribution is 2.52. The normalized spacial score (nSPS) is 19.2. The van der Waals surface area contributed by atoms with Gasteiger partial charge in [0.15, 0.2) is 5.82 Å². The van der Waals surface area contributed by atoms with Crippen LogP contribution in [0.3, 0.4) is 0 Å². The molecule has 2 aromatic heterocycles. The number of pyridine rings is 1. The minimum absolute atomic E-state index is 0.0481. The molecule has 1 aliphatic carbocycles. The van der Waals surface area contributed by atoms with Crippen LogP contribution in [0, 0.1) is 11.2 Å². The molecular weight excluding hydrogens is 611 g/mol. The smallest absolute Gasteiger partial charge is 0.282 e. The Hall–Kier alpha value is -3.90. The van der Waals surface area contributed by atoms with Gasteiger partial charge in [-0.15, -0.1) is 10.2 Å². The van der Waals surface area contributed by atoms with Crippen molar-refractivity contribution < 1.29 is 18.7 Å². The van der Waals surface area contributed by atoms with E-state index in [-0.39, 0.29) is 40.7 Å². The first-order valence-corrected chi connectivity index (χ1v) is 17.6. The van der Waals surface area contributed by atoms with Gasteiger partial charge in [0.05, 0.1) is 5.56 Å². The monoisotopic (exact) mass is 658 g/mol. The summed E-state index contributed by atoms with van der Waals surface area (Å²) in [6, 6.07) is 5.95. The SMILES string of the molecule is CCN(C(=O)c1cc(F)ccc1Oc1nncnc1N1CC2(CC(Oc3ccnc4c3CN(CCCN3CCCC3)CC4)C2)C1)C(C)C. The van der Waals surface area contributed by atoms with Crippen LogP contribution >= 0.6 is 0 Å². The maximum atomic E-state index is 14.3. The van der Waals surface area contributed by atoms with Crippen molar-refractivity contribution in [3.8, 4) is 17.4 Å². The topological polar surface area (TPSA) is 100 Å². The average molecular weight is 659 g/mol. The fourth-order valence-electron chi connectivity index (χ4n) is 7.93. The second-order valence-corrected chi connectivity index (χ2v) is 14.2. The van der Waals surface area contributed by atoms with E-state index in [0.29, 0.717) is 12.4 Å². The van der Waals surface area contributed by atoms with Crippen LogP contribution in [0.2, 0.25) is 0 Å². The number of amides is 1. The third kappa shape index (κ3) is 6.82. The first kappa shape index (κ1) is 32.6. The van der Waals surface area contributed by atoms with Crippen molar-refractivity contribution in [1.29, 1.82) is 0 Å². The van der Waals surface area contributed by atoms with Crippen LogP contribution in [0.25, 0.3) is 0 Å². The first-order chi connectivity index (χ1) is 23.3. The lowest BCUT2D eigenvalue weighted by Gasteiger charge is -2.58. The first-order valence-electron chi connectivity index (χ1n) is 17.6. The molecular formula is C36H47FN8O3. The van der Waals surface area contributed by atoms with Gasteiger partial charge in [-0.1, -0.05) is 0 Å². The standard InChI is InChI=1S/C36H47FN8O3/c1-4-45(25(2)3)35(46)28-18-26(37)8-9-31(28)48-34-33(39-24-40-41-34)44-22-36(23-44)19-27(20-36)47-32-10-12-38-30-11-17-43(21-29(30)32)16-7-15-42-13-5-6-14-42/h8-10,12,18,24-25,27H,4-7,11,13-17,19-23H2,1-3H3. The number of benzene rings is 1. The lowest BCUT2D eigenvalue weighted by molar-refractivity contribution is -0.0353. The third-order valence-electron chi connectivity index (χ3n) is 10.4. The van der Waals surface area contributed by atoms with Gasteiger partial charge in [-0.3, -0.25) is 14.7 Å². The van der Waals surface area contributed by atoms with Gasteiger partial charge in [-0.05, 0) is 103 Å². The van der Waals surface area contributed by atoms with Gasteiger partial charge in [-0.25, -0.2) is 9.37 Å². The molecule has 48 heavy (non-hydrogen) atoms. The summed E-state index contributed by atoms with van der Waals surface area (Å²) in [7, 11) is 0. The van der Waals surface area contributed by atoms with E-state index < -0.39 is 5.82 Å². The van der Waals surface area contributed by atoms with Crippen LogP contribution in [0.15, 0.2) is 36.8 Å². The highest BCUT2D eigenvalue weighted by atomic mass is 19.1. The van der Waals surface area contributed by atoms with Crippen LogP contribution in [-0.2, 0) is 13.0 Å². The number of ether oxygens (including phenoxy) is 2. The molecule has 12 heteroatoms. The van der Waals surface area contributed by atoms with Crippen molar-refractivity contribution in [3.05, 3.63) is 59.4 Å². The maximum Gasteiger partial charge on any atom is 0.282 e. The minimum atomic E-state index is -0.507. The summed E-state index contributed by atoms with van der Waals surface area (Å²) in [6.45, 7) is 14.6. The van der Waals surface area contributed by atoms with Gasteiger partial charge in [-0.2, -0.15) is 0 Å². The quantitative estimate of drug-likeness (QED) is 0.266. The highest BCUT2D eigenvalue weighted by Gasteiger charge is 2.54. The Labute approximate surface area is 282 Å². The van der Waals surface area contributed by atoms with Crippen LogP contribution in [0.5, 0.6) is 17.4 Å². The molecule has 3 aromatic rings. The number of nitrogens with zero attached hydrogens (tertiary/aromatic N) is 8. The van der Waals surface area contributed by atoms with Crippen molar-refractivity contribution >= 4 is 11.7 Å². The number of rotatable bonds is 12. The zero-order chi connectivity index (χ0) is 33.3. The van der Waals surface area contributed by atoms with Crippen molar-refractivity contribution in [2.24, 2.45) is 5.41 Å². The Bertz CT molecular complexity index is 1600. The Morgan fingerprint density at radius 1 is 1.06 bits per heavy atom. The minimum Gasteiger partial charge on any atom is -0.490 e. The molecule has 0 N–H and O–H groups in total. The summed E-state index contributed by atoms with van der Waals surface area (Å²) >= 11 is 0. The van der Waals surface area contributed by atoms with E-state index in [2.05, 4.69) is 29.9 Å². The molecule has 1 saturated carbocycles. The Morgan fingerprint density at radius 3 is 2.62 bits per heavy atom. The predicted octanol–water partition coefficient (Wildman–Crippen LogP) is 4.96. The number of aromatic nitrogens is 4. The molecule has 5 heterocycles. The van der Waals surface area contributed by atoms with E-state index in [4.69, 9.17) is 14.5 Å². The van der Waals surface area contributed by atoms with E-state index in [9.17, 15) is 9.18 Å². The molecule has 7 rings (SSSR count). The van der Waals surface area contributed by atoms with Crippen LogP contribution in [-0.4, -0.2) is 105 Å². The van der Waals surface area contributed by atoms with E-state index in [1.807, 2.05) is 33.0 Å².